The zero-order valence-corrected chi connectivity index (χ0v) is 8.40. The van der Waals surface area contributed by atoms with Gasteiger partial charge in [0, 0.05) is 0 Å². The van der Waals surface area contributed by atoms with Crippen molar-refractivity contribution in [1.82, 2.24) is 9.97 Å². The van der Waals surface area contributed by atoms with Crippen LogP contribution in [-0.2, 0) is 3.79 Å². The lowest BCUT2D eigenvalue weighted by atomic mass is 10.3. The van der Waals surface area contributed by atoms with Crippen LogP contribution in [0.1, 0.15) is 11.4 Å². The van der Waals surface area contributed by atoms with Crippen molar-refractivity contribution in [2.75, 3.05) is 5.73 Å². The number of nitrogens with two attached hydrogens (primary N) is 1. The van der Waals surface area contributed by atoms with Gasteiger partial charge in [-0.15, -0.1) is 0 Å². The highest BCUT2D eigenvalue weighted by atomic mass is 35.6. The Bertz CT molecular complexity index is 365. The Kier molecular flexibility index (Phi) is 2.81. The largest absolute Gasteiger partial charge is 0.382 e. The number of hydrogen-bond acceptors (Lipinski definition) is 4. The SMILES string of the molecule is N#Cc1cnc(C(Cl)(Cl)Cl)nc1N. The summed E-state index contributed by atoms with van der Waals surface area (Å²) in [6, 6.07) is 1.79. The van der Waals surface area contributed by atoms with E-state index in [1.807, 2.05) is 0 Å². The molecule has 1 rings (SSSR count). The molecular weight excluding hydrogens is 234 g/mol. The first-order valence-corrected chi connectivity index (χ1v) is 4.18. The molecule has 1 aromatic rings. The lowest BCUT2D eigenvalue weighted by Crippen LogP contribution is -2.09. The highest BCUT2D eigenvalue weighted by Gasteiger charge is 2.27. The molecule has 1 heterocycles. The van der Waals surface area contributed by atoms with Crippen molar-refractivity contribution in [3.05, 3.63) is 17.6 Å². The third-order valence-corrected chi connectivity index (χ3v) is 1.70. The first-order chi connectivity index (χ1) is 5.95. The summed E-state index contributed by atoms with van der Waals surface area (Å²) in [4.78, 5) is 7.34. The lowest BCUT2D eigenvalue weighted by molar-refractivity contribution is 0.971. The highest BCUT2D eigenvalue weighted by molar-refractivity contribution is 6.66. The predicted molar refractivity (Wildman–Crippen MR) is 50.4 cm³/mol. The van der Waals surface area contributed by atoms with Crippen molar-refractivity contribution in [2.24, 2.45) is 0 Å². The molecule has 0 aliphatic rings. The zero-order chi connectivity index (χ0) is 10.1. The molecule has 0 radical (unpaired) electrons. The van der Waals surface area contributed by atoms with E-state index in [1.54, 1.807) is 6.07 Å². The Hall–Kier alpha value is -0.760. The average Bonchev–Trinajstić information content (AvgIpc) is 2.02. The predicted octanol–water partition coefficient (Wildman–Crippen LogP) is 1.76. The topological polar surface area (TPSA) is 75.6 Å². The van der Waals surface area contributed by atoms with Gasteiger partial charge < -0.3 is 5.73 Å². The summed E-state index contributed by atoms with van der Waals surface area (Å²) in [6.45, 7) is 0. The van der Waals surface area contributed by atoms with Gasteiger partial charge in [-0.1, -0.05) is 34.8 Å². The second-order valence-corrected chi connectivity index (χ2v) is 4.38. The van der Waals surface area contributed by atoms with Crippen LogP contribution in [0.2, 0.25) is 0 Å². The molecule has 0 amide bonds. The summed E-state index contributed by atoms with van der Waals surface area (Å²) in [5, 5.41) is 8.50. The van der Waals surface area contributed by atoms with Gasteiger partial charge in [0.15, 0.2) is 5.82 Å². The van der Waals surface area contributed by atoms with Crippen LogP contribution < -0.4 is 5.73 Å². The Morgan fingerprint density at radius 3 is 2.46 bits per heavy atom. The zero-order valence-electron chi connectivity index (χ0n) is 6.13. The van der Waals surface area contributed by atoms with Gasteiger partial charge in [0.1, 0.15) is 17.5 Å². The molecule has 0 bridgehead atoms. The van der Waals surface area contributed by atoms with Crippen molar-refractivity contribution in [3.8, 4) is 6.07 Å². The summed E-state index contributed by atoms with van der Waals surface area (Å²) in [7, 11) is 0. The van der Waals surface area contributed by atoms with Gasteiger partial charge >= 0.3 is 0 Å². The van der Waals surface area contributed by atoms with Gasteiger partial charge in [0.25, 0.3) is 0 Å². The van der Waals surface area contributed by atoms with Crippen LogP contribution in [0.25, 0.3) is 0 Å². The molecule has 0 aliphatic heterocycles. The van der Waals surface area contributed by atoms with E-state index in [-0.39, 0.29) is 17.2 Å². The fourth-order valence-corrected chi connectivity index (χ4v) is 0.891. The van der Waals surface area contributed by atoms with E-state index in [0.29, 0.717) is 0 Å². The van der Waals surface area contributed by atoms with Crippen LogP contribution in [0.5, 0.6) is 0 Å². The molecule has 13 heavy (non-hydrogen) atoms. The Morgan fingerprint density at radius 1 is 1.46 bits per heavy atom. The maximum atomic E-state index is 8.50. The normalized spacial score (nSPS) is 10.9. The van der Waals surface area contributed by atoms with E-state index in [0.717, 1.165) is 0 Å². The average molecular weight is 237 g/mol. The van der Waals surface area contributed by atoms with Crippen LogP contribution in [-0.4, -0.2) is 9.97 Å². The molecule has 0 aromatic carbocycles. The molecule has 0 saturated carbocycles. The number of alkyl halides is 3. The smallest absolute Gasteiger partial charge is 0.250 e. The quantitative estimate of drug-likeness (QED) is 0.698. The van der Waals surface area contributed by atoms with Crippen molar-refractivity contribution >= 4 is 40.6 Å². The molecule has 0 saturated heterocycles. The molecule has 0 spiro atoms. The molecule has 0 fully saturated rings. The number of hydrogen-bond donors (Lipinski definition) is 1. The van der Waals surface area contributed by atoms with Crippen molar-refractivity contribution in [1.29, 1.82) is 5.26 Å². The molecule has 4 nitrogen and oxygen atoms in total. The maximum Gasteiger partial charge on any atom is 0.250 e. The summed E-state index contributed by atoms with van der Waals surface area (Å²) < 4.78 is -1.72. The van der Waals surface area contributed by atoms with Gasteiger partial charge in [-0.3, -0.25) is 0 Å². The Balaban J connectivity index is 3.20. The fraction of sp³-hybridized carbons (Fsp3) is 0.167. The minimum absolute atomic E-state index is 0.00109. The highest BCUT2D eigenvalue weighted by Crippen LogP contribution is 2.35. The number of aromatic nitrogens is 2. The number of halogens is 3. The summed E-state index contributed by atoms with van der Waals surface area (Å²) in [5.41, 5.74) is 5.53. The van der Waals surface area contributed by atoms with Crippen LogP contribution in [0.15, 0.2) is 6.20 Å². The number of nitrogen functional groups attached to an aromatic ring is 1. The molecule has 2 N–H and O–H groups in total. The van der Waals surface area contributed by atoms with E-state index in [9.17, 15) is 0 Å². The van der Waals surface area contributed by atoms with E-state index in [2.05, 4.69) is 9.97 Å². The molecule has 0 aliphatic carbocycles. The first kappa shape index (κ1) is 10.3. The molecule has 0 unspecified atom stereocenters. The summed E-state index contributed by atoms with van der Waals surface area (Å²) >= 11 is 16.5. The van der Waals surface area contributed by atoms with Crippen LogP contribution in [0.4, 0.5) is 5.82 Å². The maximum absolute atomic E-state index is 8.50. The molecule has 1 aromatic heterocycles. The third kappa shape index (κ3) is 2.34. The monoisotopic (exact) mass is 236 g/mol. The van der Waals surface area contributed by atoms with Crippen LogP contribution in [0.3, 0.4) is 0 Å². The van der Waals surface area contributed by atoms with Crippen LogP contribution in [0, 0.1) is 11.3 Å². The van der Waals surface area contributed by atoms with E-state index >= 15 is 0 Å². The number of rotatable bonds is 0. The first-order valence-electron chi connectivity index (χ1n) is 3.05. The summed E-state index contributed by atoms with van der Waals surface area (Å²) in [6.07, 6.45) is 1.21. The van der Waals surface area contributed by atoms with Crippen molar-refractivity contribution in [2.45, 2.75) is 3.79 Å². The number of nitrogens with zero attached hydrogens (tertiary/aromatic N) is 3. The van der Waals surface area contributed by atoms with Gasteiger partial charge in [-0.25, -0.2) is 9.97 Å². The van der Waals surface area contributed by atoms with Gasteiger partial charge in [0.2, 0.25) is 3.79 Å². The molecule has 68 valence electrons. The second kappa shape index (κ2) is 3.54. The number of nitriles is 1. The molecular formula is C6H3Cl3N4. The Morgan fingerprint density at radius 2 is 2.08 bits per heavy atom. The van der Waals surface area contributed by atoms with Crippen LogP contribution >= 0.6 is 34.8 Å². The standard InChI is InChI=1S/C6H3Cl3N4/c7-6(8,9)5-12-2-3(1-10)4(11)13-5/h2H,(H2,11,12,13). The molecule has 7 heteroatoms. The van der Waals surface area contributed by atoms with Gasteiger partial charge in [-0.05, 0) is 0 Å². The van der Waals surface area contributed by atoms with E-state index in [1.165, 1.54) is 6.20 Å². The van der Waals surface area contributed by atoms with Crippen molar-refractivity contribution < 1.29 is 0 Å². The minimum Gasteiger partial charge on any atom is -0.382 e. The second-order valence-electron chi connectivity index (χ2n) is 2.10. The minimum atomic E-state index is -1.72. The Labute approximate surface area is 89.2 Å². The van der Waals surface area contributed by atoms with Crippen molar-refractivity contribution in [3.63, 3.8) is 0 Å². The third-order valence-electron chi connectivity index (χ3n) is 1.19. The van der Waals surface area contributed by atoms with E-state index in [4.69, 9.17) is 45.8 Å². The number of anilines is 1. The lowest BCUT2D eigenvalue weighted by Gasteiger charge is -2.08. The molecule has 0 atom stereocenters. The van der Waals surface area contributed by atoms with Gasteiger partial charge in [0.05, 0.1) is 6.20 Å². The van der Waals surface area contributed by atoms with Gasteiger partial charge in [-0.2, -0.15) is 5.26 Å². The van der Waals surface area contributed by atoms with E-state index < -0.39 is 3.79 Å². The fourth-order valence-electron chi connectivity index (χ4n) is 0.618. The summed E-state index contributed by atoms with van der Waals surface area (Å²) in [5.74, 6) is -0.0483.